The van der Waals surface area contributed by atoms with Gasteiger partial charge in [-0.25, -0.2) is 9.18 Å². The van der Waals surface area contributed by atoms with Crippen LogP contribution in [0.4, 0.5) is 10.3 Å². The van der Waals surface area contributed by atoms with E-state index in [2.05, 4.69) is 11.0 Å². The monoisotopic (exact) mass is 329 g/mol. The van der Waals surface area contributed by atoms with Gasteiger partial charge in [0.1, 0.15) is 17.5 Å². The second-order valence-corrected chi connectivity index (χ2v) is 5.29. The van der Waals surface area contributed by atoms with Crippen LogP contribution in [-0.2, 0) is 7.05 Å². The van der Waals surface area contributed by atoms with Gasteiger partial charge in [0.05, 0.1) is 5.56 Å². The smallest absolute Gasteiger partial charge is 0.352 e. The van der Waals surface area contributed by atoms with Crippen LogP contribution in [-0.4, -0.2) is 34.5 Å². The minimum atomic E-state index is -0.766. The molecule has 2 aromatic rings. The summed E-state index contributed by atoms with van der Waals surface area (Å²) in [6.45, 7) is 1.61. The molecule has 0 aliphatic rings. The van der Waals surface area contributed by atoms with E-state index in [-0.39, 0.29) is 17.0 Å². The highest BCUT2D eigenvalue weighted by Crippen LogP contribution is 2.25. The maximum Gasteiger partial charge on any atom is 0.352 e. The van der Waals surface area contributed by atoms with Crippen molar-refractivity contribution in [3.05, 3.63) is 34.0 Å². The van der Waals surface area contributed by atoms with Crippen molar-refractivity contribution in [3.8, 4) is 29.8 Å². The second kappa shape index (κ2) is 6.47. The molecule has 2 rings (SSSR count). The highest BCUT2D eigenvalue weighted by molar-refractivity contribution is 5.51. The largest absolute Gasteiger partial charge is 0.477 e. The zero-order chi connectivity index (χ0) is 18.0. The summed E-state index contributed by atoms with van der Waals surface area (Å²) in [7, 11) is 4.95. The second-order valence-electron chi connectivity index (χ2n) is 5.29. The first-order valence-corrected chi connectivity index (χ1v) is 7.00. The van der Waals surface area contributed by atoms with Crippen molar-refractivity contribution in [2.24, 2.45) is 7.05 Å². The Morgan fingerprint density at radius 2 is 2.12 bits per heavy atom. The van der Waals surface area contributed by atoms with Crippen LogP contribution in [0.2, 0.25) is 0 Å². The first-order chi connectivity index (χ1) is 11.3. The van der Waals surface area contributed by atoms with Crippen LogP contribution in [0.1, 0.15) is 12.5 Å². The van der Waals surface area contributed by atoms with Gasteiger partial charge in [-0.15, -0.1) is 11.5 Å². The summed E-state index contributed by atoms with van der Waals surface area (Å²) in [5.41, 5.74) is -0.671. The van der Waals surface area contributed by atoms with E-state index in [4.69, 9.17) is 16.4 Å². The van der Waals surface area contributed by atoms with Gasteiger partial charge in [0.15, 0.2) is 11.9 Å². The Hall–Kier alpha value is -3.26. The number of nitriles is 1. The molecule has 1 unspecified atom stereocenters. The topological polar surface area (TPSA) is 76.1 Å². The molecule has 0 saturated carbocycles. The Kier molecular flexibility index (Phi) is 4.61. The van der Waals surface area contributed by atoms with E-state index in [0.29, 0.717) is 5.95 Å². The number of halogens is 1. The Labute approximate surface area is 138 Å². The quantitative estimate of drug-likeness (QED) is 0.784. The Bertz CT molecular complexity index is 914. The van der Waals surface area contributed by atoms with E-state index in [1.54, 1.807) is 25.9 Å². The number of terminal acetylenes is 1. The van der Waals surface area contributed by atoms with Crippen molar-refractivity contribution in [1.82, 2.24) is 14.3 Å². The third-order valence-corrected chi connectivity index (χ3v) is 3.29. The molecule has 1 aromatic carbocycles. The van der Waals surface area contributed by atoms with Crippen LogP contribution >= 0.6 is 0 Å². The lowest BCUT2D eigenvalue weighted by Crippen LogP contribution is -2.24. The molecule has 0 amide bonds. The molecular formula is C16H16FN5O2. The molecule has 0 bridgehead atoms. The van der Waals surface area contributed by atoms with Crippen molar-refractivity contribution in [2.75, 3.05) is 19.0 Å². The Morgan fingerprint density at radius 1 is 1.46 bits per heavy atom. The normalized spacial score (nSPS) is 11.5. The van der Waals surface area contributed by atoms with Gasteiger partial charge in [-0.05, 0) is 13.0 Å². The SMILES string of the molecule is C#CC(C)Oc1cc(-n2nc(N(C)C)n(C)c2=O)c(F)cc1C#N. The molecule has 0 aliphatic heterocycles. The number of hydrogen-bond donors (Lipinski definition) is 0. The zero-order valence-electron chi connectivity index (χ0n) is 13.7. The Morgan fingerprint density at radius 3 is 2.62 bits per heavy atom. The van der Waals surface area contributed by atoms with Gasteiger partial charge in [-0.3, -0.25) is 4.57 Å². The predicted molar refractivity (Wildman–Crippen MR) is 86.7 cm³/mol. The average molecular weight is 329 g/mol. The molecule has 0 fully saturated rings. The van der Waals surface area contributed by atoms with Crippen molar-refractivity contribution >= 4 is 5.95 Å². The van der Waals surface area contributed by atoms with E-state index < -0.39 is 17.6 Å². The highest BCUT2D eigenvalue weighted by atomic mass is 19.1. The summed E-state index contributed by atoms with van der Waals surface area (Å²) in [6, 6.07) is 4.08. The molecule has 0 spiro atoms. The summed E-state index contributed by atoms with van der Waals surface area (Å²) < 4.78 is 22.0. The number of aromatic nitrogens is 3. The first kappa shape index (κ1) is 17.1. The summed E-state index contributed by atoms with van der Waals surface area (Å²) in [6.07, 6.45) is 4.65. The average Bonchev–Trinajstić information content (AvgIpc) is 2.84. The lowest BCUT2D eigenvalue weighted by molar-refractivity contribution is 0.277. The molecule has 1 aromatic heterocycles. The van der Waals surface area contributed by atoms with E-state index in [9.17, 15) is 9.18 Å². The van der Waals surface area contributed by atoms with Crippen LogP contribution in [0.5, 0.6) is 5.75 Å². The number of benzene rings is 1. The number of ether oxygens (including phenoxy) is 1. The molecule has 0 N–H and O–H groups in total. The van der Waals surface area contributed by atoms with Crippen LogP contribution in [0.3, 0.4) is 0 Å². The third-order valence-electron chi connectivity index (χ3n) is 3.29. The zero-order valence-corrected chi connectivity index (χ0v) is 13.7. The third kappa shape index (κ3) is 2.95. The number of rotatable bonds is 4. The summed E-state index contributed by atoms with van der Waals surface area (Å²) in [5.74, 6) is 2.03. The van der Waals surface area contributed by atoms with Crippen molar-refractivity contribution in [2.45, 2.75) is 13.0 Å². The van der Waals surface area contributed by atoms with E-state index in [1.807, 2.05) is 6.07 Å². The van der Waals surface area contributed by atoms with Gasteiger partial charge >= 0.3 is 5.69 Å². The fourth-order valence-electron chi connectivity index (χ4n) is 2.09. The van der Waals surface area contributed by atoms with Crippen molar-refractivity contribution in [3.63, 3.8) is 0 Å². The van der Waals surface area contributed by atoms with E-state index in [1.165, 1.54) is 17.7 Å². The molecule has 124 valence electrons. The van der Waals surface area contributed by atoms with Crippen LogP contribution in [0.25, 0.3) is 5.69 Å². The van der Waals surface area contributed by atoms with Gasteiger partial charge in [0, 0.05) is 27.2 Å². The van der Waals surface area contributed by atoms with E-state index >= 15 is 0 Å². The van der Waals surface area contributed by atoms with Crippen LogP contribution in [0.15, 0.2) is 16.9 Å². The fourth-order valence-corrected chi connectivity index (χ4v) is 2.09. The molecule has 8 heteroatoms. The molecule has 1 heterocycles. The maximum atomic E-state index is 14.4. The summed E-state index contributed by atoms with van der Waals surface area (Å²) >= 11 is 0. The van der Waals surface area contributed by atoms with Crippen LogP contribution in [0, 0.1) is 29.5 Å². The van der Waals surface area contributed by atoms with Crippen molar-refractivity contribution < 1.29 is 9.13 Å². The fraction of sp³-hybridized carbons (Fsp3) is 0.312. The lowest BCUT2D eigenvalue weighted by atomic mass is 10.2. The minimum Gasteiger partial charge on any atom is -0.477 e. The molecule has 0 saturated heterocycles. The Balaban J connectivity index is 2.66. The predicted octanol–water partition coefficient (Wildman–Crippen LogP) is 1.05. The molecule has 24 heavy (non-hydrogen) atoms. The first-order valence-electron chi connectivity index (χ1n) is 7.00. The number of nitrogens with zero attached hydrogens (tertiary/aromatic N) is 5. The van der Waals surface area contributed by atoms with Crippen LogP contribution < -0.4 is 15.3 Å². The van der Waals surface area contributed by atoms with Gasteiger partial charge in [-0.2, -0.15) is 9.94 Å². The number of anilines is 1. The maximum absolute atomic E-state index is 14.4. The molecule has 0 aliphatic carbocycles. The van der Waals surface area contributed by atoms with Gasteiger partial charge in [-0.1, -0.05) is 5.92 Å². The summed E-state index contributed by atoms with van der Waals surface area (Å²) in [5, 5.41) is 13.2. The van der Waals surface area contributed by atoms with Gasteiger partial charge in [0.2, 0.25) is 5.95 Å². The lowest BCUT2D eigenvalue weighted by Gasteiger charge is -2.12. The molecular weight excluding hydrogens is 313 g/mol. The summed E-state index contributed by atoms with van der Waals surface area (Å²) in [4.78, 5) is 13.9. The minimum absolute atomic E-state index is 0.0184. The highest BCUT2D eigenvalue weighted by Gasteiger charge is 2.19. The molecule has 0 radical (unpaired) electrons. The number of hydrogen-bond acceptors (Lipinski definition) is 5. The molecule has 1 atom stereocenters. The van der Waals surface area contributed by atoms with E-state index in [0.717, 1.165) is 10.7 Å². The molecule has 7 nitrogen and oxygen atoms in total. The van der Waals surface area contributed by atoms with Crippen molar-refractivity contribution in [1.29, 1.82) is 5.26 Å². The van der Waals surface area contributed by atoms with Gasteiger partial charge in [0.25, 0.3) is 0 Å². The van der Waals surface area contributed by atoms with Gasteiger partial charge < -0.3 is 9.64 Å². The standard InChI is InChI=1S/C16H16FN5O2/c1-6-10(2)24-14-8-13(12(17)7-11(14)9-18)22-16(23)21(5)15(19-22)20(3)4/h1,7-8,10H,2-5H3.